The highest BCUT2D eigenvalue weighted by Gasteiger charge is 1.97. The van der Waals surface area contributed by atoms with E-state index in [1.807, 2.05) is 13.0 Å². The van der Waals surface area contributed by atoms with Crippen molar-refractivity contribution >= 4 is 5.97 Å². The molecule has 0 aliphatic rings. The monoisotopic (exact) mass is 194 g/mol. The Hall–Kier alpha value is -1.27. The molecule has 0 amide bonds. The summed E-state index contributed by atoms with van der Waals surface area (Å²) < 4.78 is 4.79. The zero-order valence-corrected chi connectivity index (χ0v) is 9.01. The largest absolute Gasteiger partial charge is 0.463 e. The van der Waals surface area contributed by atoms with E-state index in [1.54, 1.807) is 13.0 Å². The average molecular weight is 194 g/mol. The summed E-state index contributed by atoms with van der Waals surface area (Å²) in [6, 6.07) is 0. The fraction of sp³-hybridized carbons (Fsp3) is 0.500. The molecule has 0 heterocycles. The number of rotatable bonds is 6. The van der Waals surface area contributed by atoms with Gasteiger partial charge in [-0.15, -0.1) is 5.73 Å². The normalized spacial score (nSPS) is 10.6. The van der Waals surface area contributed by atoms with Crippen LogP contribution >= 0.6 is 0 Å². The number of esters is 1. The van der Waals surface area contributed by atoms with E-state index in [0.29, 0.717) is 6.61 Å². The summed E-state index contributed by atoms with van der Waals surface area (Å²) in [6.45, 7) is 7.65. The van der Waals surface area contributed by atoms with Gasteiger partial charge < -0.3 is 4.74 Å². The van der Waals surface area contributed by atoms with E-state index in [1.165, 1.54) is 0 Å². The Balaban J connectivity index is 3.76. The van der Waals surface area contributed by atoms with Crippen molar-refractivity contribution in [3.05, 3.63) is 30.0 Å². The van der Waals surface area contributed by atoms with Gasteiger partial charge in [0, 0.05) is 6.08 Å². The van der Waals surface area contributed by atoms with Crippen molar-refractivity contribution in [3.63, 3.8) is 0 Å². The lowest BCUT2D eigenvalue weighted by atomic mass is 10.1. The first-order valence-corrected chi connectivity index (χ1v) is 4.89. The summed E-state index contributed by atoms with van der Waals surface area (Å²) in [4.78, 5) is 11.0. The first-order valence-electron chi connectivity index (χ1n) is 4.89. The molecule has 0 spiro atoms. The van der Waals surface area contributed by atoms with Crippen LogP contribution in [0.4, 0.5) is 0 Å². The number of carbonyl (C=O) groups is 1. The van der Waals surface area contributed by atoms with Crippen molar-refractivity contribution in [2.45, 2.75) is 33.1 Å². The van der Waals surface area contributed by atoms with E-state index in [4.69, 9.17) is 4.74 Å². The van der Waals surface area contributed by atoms with E-state index in [9.17, 15) is 4.79 Å². The molecule has 78 valence electrons. The first-order chi connectivity index (χ1) is 6.70. The minimum absolute atomic E-state index is 0.246. The molecule has 0 fully saturated rings. The third kappa shape index (κ3) is 7.38. The third-order valence-electron chi connectivity index (χ3n) is 1.71. The molecule has 0 saturated carbocycles. The maximum Gasteiger partial charge on any atom is 0.330 e. The molecule has 0 unspecified atom stereocenters. The van der Waals surface area contributed by atoms with Crippen molar-refractivity contribution < 1.29 is 9.53 Å². The van der Waals surface area contributed by atoms with Crippen LogP contribution in [0.25, 0.3) is 0 Å². The summed E-state index contributed by atoms with van der Waals surface area (Å²) in [7, 11) is 0. The smallest absolute Gasteiger partial charge is 0.330 e. The van der Waals surface area contributed by atoms with Gasteiger partial charge in [0.15, 0.2) is 0 Å². The number of unbranched alkanes of at least 4 members (excludes halogenated alkanes) is 1. The zero-order chi connectivity index (χ0) is 10.8. The zero-order valence-electron chi connectivity index (χ0n) is 9.01. The number of carbonyl (C=O) groups excluding carboxylic acids is 1. The van der Waals surface area contributed by atoms with E-state index in [-0.39, 0.29) is 5.97 Å². The molecule has 0 saturated heterocycles. The Morgan fingerprint density at radius 3 is 2.86 bits per heavy atom. The third-order valence-corrected chi connectivity index (χ3v) is 1.71. The lowest BCUT2D eigenvalue weighted by Gasteiger charge is -1.99. The molecule has 2 nitrogen and oxygen atoms in total. The summed E-state index contributed by atoms with van der Waals surface area (Å²) in [6.07, 6.45) is 6.34. The van der Waals surface area contributed by atoms with Crippen molar-refractivity contribution in [2.24, 2.45) is 0 Å². The standard InChI is InChI=1S/C12H18O2/c1-4-6-7-8-9-11(3)10-12(13)14-5-2/h6,10H,1,5,7-9H2,2-3H3/b11-10+. The first kappa shape index (κ1) is 12.7. The topological polar surface area (TPSA) is 26.3 Å². The lowest BCUT2D eigenvalue weighted by Crippen LogP contribution is -2.00. The van der Waals surface area contributed by atoms with Gasteiger partial charge in [-0.3, -0.25) is 0 Å². The molecular formula is C12H18O2. The van der Waals surface area contributed by atoms with Crippen molar-refractivity contribution in [2.75, 3.05) is 6.61 Å². The van der Waals surface area contributed by atoms with E-state index in [2.05, 4.69) is 12.3 Å². The van der Waals surface area contributed by atoms with Crippen molar-refractivity contribution in [1.82, 2.24) is 0 Å². The second kappa shape index (κ2) is 8.33. The van der Waals surface area contributed by atoms with E-state index >= 15 is 0 Å². The molecule has 0 aliphatic heterocycles. The lowest BCUT2D eigenvalue weighted by molar-refractivity contribution is -0.137. The van der Waals surface area contributed by atoms with Gasteiger partial charge in [0.2, 0.25) is 0 Å². The van der Waals surface area contributed by atoms with Gasteiger partial charge in [0.05, 0.1) is 6.61 Å². The van der Waals surface area contributed by atoms with Gasteiger partial charge in [-0.1, -0.05) is 12.2 Å². The van der Waals surface area contributed by atoms with Crippen LogP contribution in [0.15, 0.2) is 30.0 Å². The highest BCUT2D eigenvalue weighted by atomic mass is 16.5. The van der Waals surface area contributed by atoms with Gasteiger partial charge in [-0.25, -0.2) is 4.79 Å². The molecule has 0 N–H and O–H groups in total. The second-order valence-corrected chi connectivity index (χ2v) is 3.04. The average Bonchev–Trinajstić information content (AvgIpc) is 2.13. The van der Waals surface area contributed by atoms with Crippen LogP contribution in [-0.2, 0) is 9.53 Å². The molecule has 0 radical (unpaired) electrons. The Bertz CT molecular complexity index is 245. The van der Waals surface area contributed by atoms with Crippen LogP contribution in [0.3, 0.4) is 0 Å². The maximum absolute atomic E-state index is 11.0. The van der Waals surface area contributed by atoms with Crippen molar-refractivity contribution in [1.29, 1.82) is 0 Å². The molecule has 0 aromatic carbocycles. The van der Waals surface area contributed by atoms with Crippen molar-refractivity contribution in [3.8, 4) is 0 Å². The van der Waals surface area contributed by atoms with Crippen LogP contribution in [0, 0.1) is 0 Å². The molecule has 0 aromatic rings. The molecule has 2 heteroatoms. The minimum Gasteiger partial charge on any atom is -0.463 e. The minimum atomic E-state index is -0.246. The molecule has 14 heavy (non-hydrogen) atoms. The van der Waals surface area contributed by atoms with Gasteiger partial charge in [0.1, 0.15) is 0 Å². The highest BCUT2D eigenvalue weighted by molar-refractivity contribution is 5.82. The van der Waals surface area contributed by atoms with Crippen LogP contribution < -0.4 is 0 Å². The molecular weight excluding hydrogens is 176 g/mol. The quantitative estimate of drug-likeness (QED) is 0.281. The predicted octanol–water partition coefficient (Wildman–Crippen LogP) is 3.01. The summed E-state index contributed by atoms with van der Waals surface area (Å²) >= 11 is 0. The Morgan fingerprint density at radius 1 is 1.57 bits per heavy atom. The number of hydrogen-bond donors (Lipinski definition) is 0. The predicted molar refractivity (Wildman–Crippen MR) is 58.0 cm³/mol. The maximum atomic E-state index is 11.0. The molecule has 0 aliphatic carbocycles. The van der Waals surface area contributed by atoms with Crippen LogP contribution in [-0.4, -0.2) is 12.6 Å². The van der Waals surface area contributed by atoms with Crippen LogP contribution in [0.2, 0.25) is 0 Å². The van der Waals surface area contributed by atoms with Crippen LogP contribution in [0.5, 0.6) is 0 Å². The molecule has 0 atom stereocenters. The Morgan fingerprint density at radius 2 is 2.29 bits per heavy atom. The summed E-state index contributed by atoms with van der Waals surface area (Å²) in [5.74, 6) is -0.246. The highest BCUT2D eigenvalue weighted by Crippen LogP contribution is 2.06. The van der Waals surface area contributed by atoms with Gasteiger partial charge in [-0.2, -0.15) is 0 Å². The second-order valence-electron chi connectivity index (χ2n) is 3.04. The number of allylic oxidation sites excluding steroid dienone is 2. The van der Waals surface area contributed by atoms with Gasteiger partial charge in [-0.05, 0) is 39.2 Å². The Labute approximate surface area is 86.0 Å². The SMILES string of the molecule is C=C=CCCC/C(C)=C/C(=O)OCC. The van der Waals surface area contributed by atoms with Gasteiger partial charge in [0.25, 0.3) is 0 Å². The fourth-order valence-electron chi connectivity index (χ4n) is 1.04. The summed E-state index contributed by atoms with van der Waals surface area (Å²) in [5.41, 5.74) is 3.77. The van der Waals surface area contributed by atoms with E-state index in [0.717, 1.165) is 24.8 Å². The number of hydrogen-bond acceptors (Lipinski definition) is 2. The van der Waals surface area contributed by atoms with Gasteiger partial charge >= 0.3 is 5.97 Å². The number of ether oxygens (including phenoxy) is 1. The molecule has 0 rings (SSSR count). The molecule has 0 aromatic heterocycles. The van der Waals surface area contributed by atoms with E-state index < -0.39 is 0 Å². The Kier molecular flexibility index (Phi) is 7.58. The summed E-state index contributed by atoms with van der Waals surface area (Å²) in [5, 5.41) is 0. The van der Waals surface area contributed by atoms with Crippen LogP contribution in [0.1, 0.15) is 33.1 Å². The molecule has 0 bridgehead atoms. The fourth-order valence-corrected chi connectivity index (χ4v) is 1.04.